The molecule has 0 amide bonds. The van der Waals surface area contributed by atoms with Crippen LogP contribution in [0.25, 0.3) is 0 Å². The van der Waals surface area contributed by atoms with E-state index in [2.05, 4.69) is 0 Å². The summed E-state index contributed by atoms with van der Waals surface area (Å²) in [4.78, 5) is 0. The Bertz CT molecular complexity index is 360. The largest absolute Gasteiger partial charge is 0.490 e. The van der Waals surface area contributed by atoms with Crippen molar-refractivity contribution in [2.75, 3.05) is 19.6 Å². The van der Waals surface area contributed by atoms with E-state index in [-0.39, 0.29) is 0 Å². The number of hydrogen-bond acceptors (Lipinski definition) is 2. The highest BCUT2D eigenvalue weighted by Crippen LogP contribution is 2.34. The maximum atomic E-state index is 6.15. The van der Waals surface area contributed by atoms with Gasteiger partial charge in [-0.3, -0.25) is 0 Å². The molecule has 5 heteroatoms. The lowest BCUT2D eigenvalue weighted by molar-refractivity contribution is 0.185. The van der Waals surface area contributed by atoms with E-state index in [4.69, 9.17) is 44.3 Å². The lowest BCUT2D eigenvalue weighted by Crippen LogP contribution is -1.99. The highest BCUT2D eigenvalue weighted by molar-refractivity contribution is 6.37. The predicted molar refractivity (Wildman–Crippen MR) is 81.9 cm³/mol. The van der Waals surface area contributed by atoms with Crippen LogP contribution < -0.4 is 4.74 Å². The Morgan fingerprint density at radius 3 is 2.21 bits per heavy atom. The van der Waals surface area contributed by atoms with Crippen LogP contribution in [0.2, 0.25) is 10.0 Å². The zero-order valence-corrected chi connectivity index (χ0v) is 13.3. The van der Waals surface area contributed by atoms with E-state index in [0.29, 0.717) is 29.0 Å². The van der Waals surface area contributed by atoms with Gasteiger partial charge in [-0.1, -0.05) is 36.0 Å². The average molecular weight is 326 g/mol. The molecule has 0 aliphatic carbocycles. The van der Waals surface area contributed by atoms with Gasteiger partial charge in [0.05, 0.1) is 23.3 Å². The minimum atomic E-state index is 0.484. The Labute approximate surface area is 129 Å². The Morgan fingerprint density at radius 2 is 1.63 bits per heavy atom. The monoisotopic (exact) mass is 324 g/mol. The van der Waals surface area contributed by atoms with Crippen LogP contribution in [-0.2, 0) is 11.3 Å². The second kappa shape index (κ2) is 9.71. The van der Waals surface area contributed by atoms with Gasteiger partial charge >= 0.3 is 0 Å². The van der Waals surface area contributed by atoms with E-state index in [1.54, 1.807) is 7.11 Å². The van der Waals surface area contributed by atoms with E-state index in [1.165, 1.54) is 0 Å². The van der Waals surface area contributed by atoms with E-state index < -0.39 is 0 Å². The van der Waals surface area contributed by atoms with Gasteiger partial charge in [-0.2, -0.15) is 0 Å². The number of methoxy groups -OCH3 is 1. The van der Waals surface area contributed by atoms with Crippen molar-refractivity contribution in [3.63, 3.8) is 0 Å². The summed E-state index contributed by atoms with van der Waals surface area (Å²) in [6, 6.07) is 3.64. The van der Waals surface area contributed by atoms with Crippen molar-refractivity contribution in [1.29, 1.82) is 0 Å². The molecule has 1 aromatic rings. The van der Waals surface area contributed by atoms with Crippen LogP contribution in [0.3, 0.4) is 0 Å². The summed E-state index contributed by atoms with van der Waals surface area (Å²) in [6.07, 6.45) is 4.25. The van der Waals surface area contributed by atoms with Crippen LogP contribution in [0.15, 0.2) is 12.1 Å². The van der Waals surface area contributed by atoms with Crippen molar-refractivity contribution in [2.24, 2.45) is 0 Å². The van der Waals surface area contributed by atoms with Crippen molar-refractivity contribution >= 4 is 34.8 Å². The molecule has 0 fully saturated rings. The number of halogens is 3. The van der Waals surface area contributed by atoms with Gasteiger partial charge in [-0.15, -0.1) is 11.6 Å². The van der Waals surface area contributed by atoms with Gasteiger partial charge in [-0.05, 0) is 30.5 Å². The number of alkyl halides is 1. The number of unbranched alkanes of at least 4 members (excludes halogenated alkanes) is 3. The third-order valence-electron chi connectivity index (χ3n) is 2.64. The van der Waals surface area contributed by atoms with Gasteiger partial charge < -0.3 is 9.47 Å². The van der Waals surface area contributed by atoms with Gasteiger partial charge in [0.2, 0.25) is 0 Å². The SMILES string of the molecule is COCc1cc(Cl)c(OCCCCCCCl)c(Cl)c1. The van der Waals surface area contributed by atoms with E-state index >= 15 is 0 Å². The first-order chi connectivity index (χ1) is 9.19. The van der Waals surface area contributed by atoms with Crippen LogP contribution >= 0.6 is 34.8 Å². The molecule has 0 radical (unpaired) electrons. The second-order valence-corrected chi connectivity index (χ2v) is 5.47. The van der Waals surface area contributed by atoms with Crippen LogP contribution in [0.4, 0.5) is 0 Å². The molecule has 0 saturated carbocycles. The fraction of sp³-hybridized carbons (Fsp3) is 0.571. The third-order valence-corrected chi connectivity index (χ3v) is 3.47. The maximum Gasteiger partial charge on any atom is 0.156 e. The first-order valence-corrected chi connectivity index (χ1v) is 7.63. The van der Waals surface area contributed by atoms with E-state index in [1.807, 2.05) is 12.1 Å². The smallest absolute Gasteiger partial charge is 0.156 e. The summed E-state index contributed by atoms with van der Waals surface area (Å²) in [5.41, 5.74) is 0.937. The quantitative estimate of drug-likeness (QED) is 0.452. The fourth-order valence-electron chi connectivity index (χ4n) is 1.72. The first-order valence-electron chi connectivity index (χ1n) is 6.34. The topological polar surface area (TPSA) is 18.5 Å². The summed E-state index contributed by atoms with van der Waals surface area (Å²) in [5, 5.41) is 1.06. The third kappa shape index (κ3) is 6.22. The van der Waals surface area contributed by atoms with Gasteiger partial charge in [0.25, 0.3) is 0 Å². The summed E-state index contributed by atoms with van der Waals surface area (Å²) < 4.78 is 10.7. The lowest BCUT2D eigenvalue weighted by Gasteiger charge is -2.11. The molecular formula is C14H19Cl3O2. The standard InChI is InChI=1S/C14H19Cl3O2/c1-18-10-11-8-12(16)14(13(17)9-11)19-7-5-3-2-4-6-15/h8-9H,2-7,10H2,1H3. The van der Waals surface area contributed by atoms with Crippen LogP contribution in [0.5, 0.6) is 5.75 Å². The highest BCUT2D eigenvalue weighted by Gasteiger charge is 2.09. The molecule has 0 unspecified atom stereocenters. The van der Waals surface area contributed by atoms with Crippen LogP contribution in [0.1, 0.15) is 31.2 Å². The molecule has 0 N–H and O–H groups in total. The Kier molecular flexibility index (Phi) is 8.64. The van der Waals surface area contributed by atoms with Gasteiger partial charge in [0.15, 0.2) is 5.75 Å². The first kappa shape index (κ1) is 16.9. The van der Waals surface area contributed by atoms with Crippen LogP contribution in [-0.4, -0.2) is 19.6 Å². The second-order valence-electron chi connectivity index (χ2n) is 4.27. The minimum Gasteiger partial charge on any atom is -0.490 e. The molecule has 108 valence electrons. The highest BCUT2D eigenvalue weighted by atomic mass is 35.5. The Morgan fingerprint density at radius 1 is 1.00 bits per heavy atom. The van der Waals surface area contributed by atoms with Crippen molar-refractivity contribution in [3.8, 4) is 5.75 Å². The number of benzene rings is 1. The van der Waals surface area contributed by atoms with E-state index in [9.17, 15) is 0 Å². The van der Waals surface area contributed by atoms with Crippen LogP contribution in [0, 0.1) is 0 Å². The van der Waals surface area contributed by atoms with Crippen molar-refractivity contribution in [2.45, 2.75) is 32.3 Å². The summed E-state index contributed by atoms with van der Waals surface area (Å²) in [7, 11) is 1.63. The predicted octanol–water partition coefficient (Wildman–Crippen LogP) is 5.32. The summed E-state index contributed by atoms with van der Waals surface area (Å²) in [6.45, 7) is 1.10. The summed E-state index contributed by atoms with van der Waals surface area (Å²) >= 11 is 17.9. The number of ether oxygens (including phenoxy) is 2. The van der Waals surface area contributed by atoms with Gasteiger partial charge in [-0.25, -0.2) is 0 Å². The maximum absolute atomic E-state index is 6.15. The van der Waals surface area contributed by atoms with E-state index in [0.717, 1.165) is 37.1 Å². The molecule has 0 saturated heterocycles. The lowest BCUT2D eigenvalue weighted by atomic mass is 10.2. The Balaban J connectivity index is 2.45. The summed E-state index contributed by atoms with van der Waals surface area (Å²) in [5.74, 6) is 1.28. The van der Waals surface area contributed by atoms with Crippen molar-refractivity contribution in [1.82, 2.24) is 0 Å². The zero-order chi connectivity index (χ0) is 14.1. The van der Waals surface area contributed by atoms with Gasteiger partial charge in [0.1, 0.15) is 0 Å². The van der Waals surface area contributed by atoms with Crippen molar-refractivity contribution in [3.05, 3.63) is 27.7 Å². The molecule has 2 nitrogen and oxygen atoms in total. The molecule has 0 heterocycles. The normalized spacial score (nSPS) is 10.7. The number of rotatable bonds is 9. The molecule has 19 heavy (non-hydrogen) atoms. The molecule has 0 aliphatic heterocycles. The molecule has 0 aliphatic rings. The minimum absolute atomic E-state index is 0.484. The number of hydrogen-bond donors (Lipinski definition) is 0. The van der Waals surface area contributed by atoms with Gasteiger partial charge in [0, 0.05) is 13.0 Å². The van der Waals surface area contributed by atoms with Crippen molar-refractivity contribution < 1.29 is 9.47 Å². The zero-order valence-electron chi connectivity index (χ0n) is 11.1. The molecule has 0 aromatic heterocycles. The molecule has 0 bridgehead atoms. The Hall–Kier alpha value is -0.150. The molecule has 1 rings (SSSR count). The molecule has 1 aromatic carbocycles. The fourth-order valence-corrected chi connectivity index (χ4v) is 2.55. The molecule has 0 atom stereocenters. The molecule has 0 spiro atoms. The molecular weight excluding hydrogens is 307 g/mol. The average Bonchev–Trinajstić information content (AvgIpc) is 2.36.